The monoisotopic (exact) mass is 409 g/mol. The zero-order valence-corrected chi connectivity index (χ0v) is 17.3. The quantitative estimate of drug-likeness (QED) is 0.701. The second kappa shape index (κ2) is 8.16. The lowest BCUT2D eigenvalue weighted by Crippen LogP contribution is -2.38. The first-order valence-corrected chi connectivity index (χ1v) is 10.4. The highest BCUT2D eigenvalue weighted by atomic mass is 32.1. The van der Waals surface area contributed by atoms with Crippen LogP contribution in [0.2, 0.25) is 0 Å². The van der Waals surface area contributed by atoms with Crippen LogP contribution in [0.5, 0.6) is 0 Å². The molecule has 0 bridgehead atoms. The number of fused-ring (bicyclic) bond motifs is 1. The number of likely N-dealkylation sites (tertiary alicyclic amines) is 1. The van der Waals surface area contributed by atoms with E-state index < -0.39 is 0 Å². The van der Waals surface area contributed by atoms with Gasteiger partial charge in [0.2, 0.25) is 5.91 Å². The van der Waals surface area contributed by atoms with Gasteiger partial charge in [-0.1, -0.05) is 0 Å². The molecule has 3 aromatic rings. The van der Waals surface area contributed by atoms with Crippen molar-refractivity contribution < 1.29 is 9.59 Å². The van der Waals surface area contributed by atoms with Crippen LogP contribution in [0.3, 0.4) is 0 Å². The van der Waals surface area contributed by atoms with Gasteiger partial charge >= 0.3 is 0 Å². The van der Waals surface area contributed by atoms with Crippen molar-refractivity contribution in [3.8, 4) is 0 Å². The van der Waals surface area contributed by atoms with Crippen LogP contribution in [0.1, 0.15) is 29.3 Å². The number of likely N-dealkylation sites (N-methyl/N-ethyl adjacent to an activating group) is 1. The summed E-state index contributed by atoms with van der Waals surface area (Å²) in [5, 5.41) is 5.31. The van der Waals surface area contributed by atoms with Gasteiger partial charge in [-0.25, -0.2) is 4.98 Å². The lowest BCUT2D eigenvalue weighted by atomic mass is 10.2. The van der Waals surface area contributed by atoms with Crippen LogP contribution >= 0.6 is 11.3 Å². The Bertz CT molecular complexity index is 1030. The highest BCUT2D eigenvalue weighted by molar-refractivity contribution is 7.17. The van der Waals surface area contributed by atoms with Crippen molar-refractivity contribution in [2.24, 2.45) is 0 Å². The van der Waals surface area contributed by atoms with E-state index in [9.17, 15) is 9.59 Å². The van der Waals surface area contributed by atoms with E-state index in [2.05, 4.69) is 21.4 Å². The first kappa shape index (κ1) is 19.3. The fourth-order valence-electron chi connectivity index (χ4n) is 3.48. The Balaban J connectivity index is 1.35. The minimum Gasteiger partial charge on any atom is -0.366 e. The summed E-state index contributed by atoms with van der Waals surface area (Å²) in [5.74, 6) is 0.689. The number of carbonyl (C=O) groups is 2. The van der Waals surface area contributed by atoms with Crippen molar-refractivity contribution in [3.05, 3.63) is 53.2 Å². The second-order valence-corrected chi connectivity index (χ2v) is 8.20. The van der Waals surface area contributed by atoms with Crippen molar-refractivity contribution in [2.45, 2.75) is 25.9 Å². The molecule has 3 aromatic heterocycles. The molecular weight excluding hydrogens is 386 g/mol. The first-order chi connectivity index (χ1) is 14.0. The highest BCUT2D eigenvalue weighted by Gasteiger charge is 2.30. The lowest BCUT2D eigenvalue weighted by Gasteiger charge is -2.23. The maximum atomic E-state index is 12.7. The smallest absolute Gasteiger partial charge is 0.255 e. The standard InChI is InChI=1S/C21H23N5O2S/c1-14(27)25(2)17-5-7-26(13-17)21(28)16-3-4-20(24-12-16)23-11-15-9-19-18(22-10-15)6-8-29-19/h3-4,6,8-10,12,17H,5,7,11,13H2,1-2H3,(H,23,24)/t17-/m0/s1. The van der Waals surface area contributed by atoms with E-state index in [1.807, 2.05) is 23.7 Å². The van der Waals surface area contributed by atoms with Crippen LogP contribution in [0.25, 0.3) is 10.2 Å². The minimum absolute atomic E-state index is 0.0230. The molecule has 0 aliphatic carbocycles. The molecule has 1 aliphatic heterocycles. The van der Waals surface area contributed by atoms with Gasteiger partial charge in [-0.05, 0) is 41.6 Å². The van der Waals surface area contributed by atoms with Gasteiger partial charge in [0.1, 0.15) is 5.82 Å². The summed E-state index contributed by atoms with van der Waals surface area (Å²) in [6.07, 6.45) is 4.27. The third-order valence-electron chi connectivity index (χ3n) is 5.34. The number of carbonyl (C=O) groups excluding carboxylic acids is 2. The van der Waals surface area contributed by atoms with Gasteiger partial charge in [0.25, 0.3) is 5.91 Å². The molecule has 29 heavy (non-hydrogen) atoms. The molecule has 1 atom stereocenters. The van der Waals surface area contributed by atoms with Crippen molar-refractivity contribution in [3.63, 3.8) is 0 Å². The molecule has 1 saturated heterocycles. The number of nitrogens with one attached hydrogen (secondary N) is 1. The maximum absolute atomic E-state index is 12.7. The third-order valence-corrected chi connectivity index (χ3v) is 6.19. The molecule has 2 amide bonds. The summed E-state index contributed by atoms with van der Waals surface area (Å²) >= 11 is 1.67. The summed E-state index contributed by atoms with van der Waals surface area (Å²) in [6, 6.07) is 7.83. The fourth-order valence-corrected chi connectivity index (χ4v) is 4.29. The average molecular weight is 410 g/mol. The largest absolute Gasteiger partial charge is 0.366 e. The van der Waals surface area contributed by atoms with Crippen LogP contribution in [-0.2, 0) is 11.3 Å². The van der Waals surface area contributed by atoms with Gasteiger partial charge in [-0.3, -0.25) is 14.6 Å². The summed E-state index contributed by atoms with van der Waals surface area (Å²) in [5.41, 5.74) is 2.65. The predicted molar refractivity (Wildman–Crippen MR) is 114 cm³/mol. The van der Waals surface area contributed by atoms with Crippen molar-refractivity contribution in [1.82, 2.24) is 19.8 Å². The number of nitrogens with zero attached hydrogens (tertiary/aromatic N) is 4. The lowest BCUT2D eigenvalue weighted by molar-refractivity contribution is -0.129. The van der Waals surface area contributed by atoms with E-state index in [1.165, 1.54) is 0 Å². The van der Waals surface area contributed by atoms with Gasteiger partial charge in [-0.2, -0.15) is 0 Å². The topological polar surface area (TPSA) is 78.4 Å². The van der Waals surface area contributed by atoms with E-state index in [-0.39, 0.29) is 17.9 Å². The molecule has 1 aliphatic rings. The zero-order chi connectivity index (χ0) is 20.4. The Morgan fingerprint density at radius 3 is 2.90 bits per heavy atom. The Morgan fingerprint density at radius 2 is 2.14 bits per heavy atom. The van der Waals surface area contributed by atoms with E-state index >= 15 is 0 Å². The molecule has 4 rings (SSSR count). The van der Waals surface area contributed by atoms with Crippen LogP contribution in [0.15, 0.2) is 42.0 Å². The van der Waals surface area contributed by atoms with Crippen LogP contribution in [-0.4, -0.2) is 57.8 Å². The average Bonchev–Trinajstić information content (AvgIpc) is 3.40. The molecule has 7 nitrogen and oxygen atoms in total. The molecule has 4 heterocycles. The highest BCUT2D eigenvalue weighted by Crippen LogP contribution is 2.20. The Morgan fingerprint density at radius 1 is 1.28 bits per heavy atom. The van der Waals surface area contributed by atoms with Crippen LogP contribution < -0.4 is 5.32 Å². The second-order valence-electron chi connectivity index (χ2n) is 7.26. The van der Waals surface area contributed by atoms with Gasteiger partial charge in [0.15, 0.2) is 0 Å². The van der Waals surface area contributed by atoms with E-state index in [0.29, 0.717) is 31.0 Å². The molecule has 8 heteroatoms. The number of thiophene rings is 1. The maximum Gasteiger partial charge on any atom is 0.255 e. The third kappa shape index (κ3) is 4.22. The number of hydrogen-bond acceptors (Lipinski definition) is 6. The van der Waals surface area contributed by atoms with E-state index in [0.717, 1.165) is 22.2 Å². The molecule has 0 spiro atoms. The normalized spacial score (nSPS) is 16.2. The molecule has 1 N–H and O–H groups in total. The molecule has 0 saturated carbocycles. The predicted octanol–water partition coefficient (Wildman–Crippen LogP) is 3.00. The Labute approximate surface area is 173 Å². The van der Waals surface area contributed by atoms with Gasteiger partial charge in [-0.15, -0.1) is 11.3 Å². The van der Waals surface area contributed by atoms with Gasteiger partial charge < -0.3 is 15.1 Å². The van der Waals surface area contributed by atoms with Crippen LogP contribution in [0.4, 0.5) is 5.82 Å². The summed E-state index contributed by atoms with van der Waals surface area (Å²) in [4.78, 5) is 36.6. The summed E-state index contributed by atoms with van der Waals surface area (Å²) in [7, 11) is 1.79. The van der Waals surface area contributed by atoms with Crippen molar-refractivity contribution in [1.29, 1.82) is 0 Å². The van der Waals surface area contributed by atoms with Crippen LogP contribution in [0, 0.1) is 0 Å². The minimum atomic E-state index is -0.0455. The zero-order valence-electron chi connectivity index (χ0n) is 16.5. The summed E-state index contributed by atoms with van der Waals surface area (Å²) < 4.78 is 1.16. The van der Waals surface area contributed by atoms with E-state index in [4.69, 9.17) is 0 Å². The molecule has 0 radical (unpaired) electrons. The SMILES string of the molecule is CC(=O)N(C)[C@H]1CCN(C(=O)c2ccc(NCc3cnc4ccsc4c3)nc2)C1. The number of amides is 2. The number of rotatable bonds is 5. The molecule has 0 unspecified atom stereocenters. The van der Waals surface area contributed by atoms with E-state index in [1.54, 1.807) is 47.4 Å². The Hall–Kier alpha value is -3.00. The fraction of sp³-hybridized carbons (Fsp3) is 0.333. The van der Waals surface area contributed by atoms with Gasteiger partial charge in [0, 0.05) is 46.0 Å². The van der Waals surface area contributed by atoms with Crippen molar-refractivity contribution >= 4 is 39.2 Å². The number of aromatic nitrogens is 2. The summed E-state index contributed by atoms with van der Waals surface area (Å²) in [6.45, 7) is 3.38. The van der Waals surface area contributed by atoms with Crippen molar-refractivity contribution in [2.75, 3.05) is 25.5 Å². The number of anilines is 1. The molecular formula is C21H23N5O2S. The van der Waals surface area contributed by atoms with Gasteiger partial charge in [0.05, 0.1) is 21.8 Å². The first-order valence-electron chi connectivity index (χ1n) is 9.56. The number of pyridine rings is 2. The number of hydrogen-bond donors (Lipinski definition) is 1. The molecule has 1 fully saturated rings. The molecule has 150 valence electrons. The molecule has 0 aromatic carbocycles. The Kier molecular flexibility index (Phi) is 5.44.